The molecule has 0 bridgehead atoms. The third-order valence-electron chi connectivity index (χ3n) is 3.83. The molecule has 11 heteroatoms. The molecule has 1 N–H and O–H groups in total. The fourth-order valence-electron chi connectivity index (χ4n) is 2.35. The van der Waals surface area contributed by atoms with E-state index in [1.807, 2.05) is 36.4 Å². The van der Waals surface area contributed by atoms with Crippen LogP contribution in [0.5, 0.6) is 5.75 Å². The van der Waals surface area contributed by atoms with Crippen LogP contribution in [0.2, 0.25) is 0 Å². The number of amides is 1. The topological polar surface area (TPSA) is 122 Å². The molecule has 1 aromatic heterocycles. The van der Waals surface area contributed by atoms with Crippen molar-refractivity contribution in [3.05, 3.63) is 69.7 Å². The summed E-state index contributed by atoms with van der Waals surface area (Å²) < 4.78 is 33.0. The predicted octanol–water partition coefficient (Wildman–Crippen LogP) is 3.83. The number of nitriles is 1. The second kappa shape index (κ2) is 9.82. The normalized spacial score (nSPS) is 11.6. The van der Waals surface area contributed by atoms with Gasteiger partial charge in [0.1, 0.15) is 24.0 Å². The van der Waals surface area contributed by atoms with Gasteiger partial charge in [0.05, 0.1) is 4.47 Å². The Morgan fingerprint density at radius 3 is 2.65 bits per heavy atom. The van der Waals surface area contributed by atoms with E-state index in [0.29, 0.717) is 33.9 Å². The van der Waals surface area contributed by atoms with E-state index in [0.717, 1.165) is 11.8 Å². The van der Waals surface area contributed by atoms with Gasteiger partial charge in [-0.15, -0.1) is 0 Å². The first-order chi connectivity index (χ1) is 14.8. The Morgan fingerprint density at radius 2 is 2.03 bits per heavy atom. The number of aromatic nitrogens is 2. The number of nitrogens with one attached hydrogen (secondary N) is 1. The lowest BCUT2D eigenvalue weighted by Crippen LogP contribution is -2.13. The van der Waals surface area contributed by atoms with Gasteiger partial charge in [0, 0.05) is 17.8 Å². The minimum atomic E-state index is -3.58. The second-order valence-electron chi connectivity index (χ2n) is 6.24. The molecule has 0 radical (unpaired) electrons. The highest BCUT2D eigenvalue weighted by Gasteiger charge is 2.17. The third kappa shape index (κ3) is 6.21. The smallest absolute Gasteiger partial charge is 0.268 e. The fraction of sp³-hybridized carbons (Fsp3) is 0.100. The number of hydrogen-bond donors (Lipinski definition) is 1. The highest BCUT2D eigenvalue weighted by molar-refractivity contribution is 9.10. The van der Waals surface area contributed by atoms with Crippen LogP contribution in [-0.2, 0) is 21.2 Å². The molecule has 8 nitrogen and oxygen atoms in total. The van der Waals surface area contributed by atoms with Crippen molar-refractivity contribution in [2.75, 3.05) is 11.6 Å². The largest absolute Gasteiger partial charge is 0.488 e. The molecule has 0 aliphatic heterocycles. The van der Waals surface area contributed by atoms with Crippen molar-refractivity contribution >= 4 is 54.4 Å². The van der Waals surface area contributed by atoms with Crippen molar-refractivity contribution < 1.29 is 17.9 Å². The number of benzene rings is 2. The van der Waals surface area contributed by atoms with Gasteiger partial charge in [0.25, 0.3) is 11.1 Å². The number of nitrogens with zero attached hydrogens (tertiary/aromatic N) is 3. The summed E-state index contributed by atoms with van der Waals surface area (Å²) in [7, 11) is -3.58. The van der Waals surface area contributed by atoms with Crippen LogP contribution in [0.1, 0.15) is 11.1 Å². The number of hydrogen-bond acceptors (Lipinski definition) is 8. The van der Waals surface area contributed by atoms with Crippen molar-refractivity contribution in [2.45, 2.75) is 11.8 Å². The summed E-state index contributed by atoms with van der Waals surface area (Å²) in [4.78, 5) is 16.1. The van der Waals surface area contributed by atoms with Gasteiger partial charge in [-0.3, -0.25) is 10.1 Å². The van der Waals surface area contributed by atoms with E-state index in [2.05, 4.69) is 30.6 Å². The average Bonchev–Trinajstić information content (AvgIpc) is 3.21. The van der Waals surface area contributed by atoms with Crippen LogP contribution in [0, 0.1) is 11.3 Å². The Kier molecular flexibility index (Phi) is 7.17. The Bertz CT molecular complexity index is 1280. The van der Waals surface area contributed by atoms with Crippen molar-refractivity contribution in [1.29, 1.82) is 5.26 Å². The summed E-state index contributed by atoms with van der Waals surface area (Å²) >= 11 is 4.15. The summed E-state index contributed by atoms with van der Waals surface area (Å²) in [6, 6.07) is 16.7. The minimum Gasteiger partial charge on any atom is -0.488 e. The van der Waals surface area contributed by atoms with Crippen LogP contribution in [-0.4, -0.2) is 29.9 Å². The lowest BCUT2D eigenvalue weighted by Gasteiger charge is -2.09. The molecule has 0 saturated heterocycles. The van der Waals surface area contributed by atoms with Gasteiger partial charge in [-0.05, 0) is 45.3 Å². The number of anilines is 1. The zero-order chi connectivity index (χ0) is 22.4. The summed E-state index contributed by atoms with van der Waals surface area (Å²) in [6.45, 7) is 0.401. The number of sulfone groups is 1. The predicted molar refractivity (Wildman–Crippen MR) is 120 cm³/mol. The van der Waals surface area contributed by atoms with Gasteiger partial charge in [0.15, 0.2) is 0 Å². The summed E-state index contributed by atoms with van der Waals surface area (Å²) in [6.07, 6.45) is 2.37. The van der Waals surface area contributed by atoms with Gasteiger partial charge in [-0.25, -0.2) is 8.42 Å². The first kappa shape index (κ1) is 22.6. The number of carbonyl (C=O) groups excluding carboxylic acids is 1. The average molecular weight is 519 g/mol. The van der Waals surface area contributed by atoms with E-state index in [-0.39, 0.29) is 15.9 Å². The molecule has 158 valence electrons. The molecule has 2 aromatic carbocycles. The summed E-state index contributed by atoms with van der Waals surface area (Å²) in [5.74, 6) is -0.106. The van der Waals surface area contributed by atoms with Gasteiger partial charge in [-0.1, -0.05) is 36.4 Å². The lowest BCUT2D eigenvalue weighted by molar-refractivity contribution is -0.112. The van der Waals surface area contributed by atoms with Gasteiger partial charge in [0.2, 0.25) is 15.0 Å². The molecule has 0 aliphatic rings. The molecule has 0 saturated carbocycles. The number of rotatable bonds is 7. The first-order valence-corrected chi connectivity index (χ1v) is 12.2. The maximum Gasteiger partial charge on any atom is 0.268 e. The number of carbonyl (C=O) groups is 1. The van der Waals surface area contributed by atoms with E-state index in [9.17, 15) is 18.5 Å². The first-order valence-electron chi connectivity index (χ1n) is 8.69. The van der Waals surface area contributed by atoms with Crippen molar-refractivity contribution in [2.24, 2.45) is 0 Å². The van der Waals surface area contributed by atoms with Crippen LogP contribution >= 0.6 is 27.5 Å². The Hall–Kier alpha value is -3.07. The number of ether oxygens (including phenoxy) is 1. The minimum absolute atomic E-state index is 0.0163. The summed E-state index contributed by atoms with van der Waals surface area (Å²) in [5.41, 5.74) is 1.44. The van der Waals surface area contributed by atoms with E-state index < -0.39 is 15.7 Å². The van der Waals surface area contributed by atoms with Crippen LogP contribution in [0.4, 0.5) is 5.13 Å². The van der Waals surface area contributed by atoms with E-state index in [4.69, 9.17) is 4.74 Å². The highest BCUT2D eigenvalue weighted by Crippen LogP contribution is 2.28. The fourth-order valence-corrected chi connectivity index (χ4v) is 4.30. The van der Waals surface area contributed by atoms with Crippen LogP contribution in [0.15, 0.2) is 63.7 Å². The zero-order valence-electron chi connectivity index (χ0n) is 16.1. The Balaban J connectivity index is 1.71. The zero-order valence-corrected chi connectivity index (χ0v) is 19.3. The molecule has 0 spiro atoms. The van der Waals surface area contributed by atoms with Crippen molar-refractivity contribution in [3.63, 3.8) is 0 Å². The molecular formula is C20H15BrN4O4S2. The van der Waals surface area contributed by atoms with Gasteiger partial charge >= 0.3 is 0 Å². The molecule has 0 unspecified atom stereocenters. The second-order valence-corrected chi connectivity index (χ2v) is 9.76. The molecule has 0 aliphatic carbocycles. The van der Waals surface area contributed by atoms with E-state index >= 15 is 0 Å². The molecule has 31 heavy (non-hydrogen) atoms. The standard InChI is InChI=1S/C20H15BrN4O4S2/c1-31(27,28)20-24-19(30-25-20)23-18(26)15(11-22)9-14-7-8-17(16(21)10-14)29-12-13-5-3-2-4-6-13/h2-10H,12H2,1H3,(H,23,24,25,26)/b15-9-. The number of halogens is 1. The monoisotopic (exact) mass is 518 g/mol. The molecule has 1 amide bonds. The van der Waals surface area contributed by atoms with E-state index in [1.165, 1.54) is 6.08 Å². The SMILES string of the molecule is CS(=O)(=O)c1nsc(NC(=O)/C(C#N)=C\c2ccc(OCc3ccccc3)c(Br)c2)n1. The highest BCUT2D eigenvalue weighted by atomic mass is 79.9. The molecule has 1 heterocycles. The van der Waals surface area contributed by atoms with Crippen molar-refractivity contribution in [3.8, 4) is 11.8 Å². The molecule has 3 rings (SSSR count). The quantitative estimate of drug-likeness (QED) is 0.372. The van der Waals surface area contributed by atoms with Crippen molar-refractivity contribution in [1.82, 2.24) is 9.36 Å². The van der Waals surface area contributed by atoms with Crippen LogP contribution < -0.4 is 10.1 Å². The van der Waals surface area contributed by atoms with E-state index in [1.54, 1.807) is 18.2 Å². The lowest BCUT2D eigenvalue weighted by atomic mass is 10.1. The molecule has 0 fully saturated rings. The van der Waals surface area contributed by atoms with Crippen LogP contribution in [0.3, 0.4) is 0 Å². The Morgan fingerprint density at radius 1 is 1.29 bits per heavy atom. The van der Waals surface area contributed by atoms with Gasteiger partial charge < -0.3 is 4.74 Å². The molecule has 3 aromatic rings. The third-order valence-corrected chi connectivity index (χ3v) is 6.04. The van der Waals surface area contributed by atoms with Crippen LogP contribution in [0.25, 0.3) is 6.08 Å². The Labute approximate surface area is 191 Å². The summed E-state index contributed by atoms with van der Waals surface area (Å²) in [5, 5.41) is 11.3. The maximum absolute atomic E-state index is 12.4. The van der Waals surface area contributed by atoms with Gasteiger partial charge in [-0.2, -0.15) is 14.6 Å². The maximum atomic E-state index is 12.4. The molecular weight excluding hydrogens is 504 g/mol. The molecule has 0 atom stereocenters.